The molecule has 1 aliphatic carbocycles. The van der Waals surface area contributed by atoms with Gasteiger partial charge in [0.05, 0.1) is 0 Å². The largest absolute Gasteiger partial charge is 0.477 e. The van der Waals surface area contributed by atoms with E-state index in [4.69, 9.17) is 4.52 Å². The lowest BCUT2D eigenvalue weighted by Crippen LogP contribution is -2.36. The zero-order chi connectivity index (χ0) is 18.4. The number of anilines is 1. The molecule has 1 saturated carbocycles. The molecule has 0 atom stereocenters. The minimum Gasteiger partial charge on any atom is -0.477 e. The molecule has 1 aliphatic rings. The summed E-state index contributed by atoms with van der Waals surface area (Å²) in [6.45, 7) is 0.291. The van der Waals surface area contributed by atoms with Crippen LogP contribution in [-0.4, -0.2) is 34.7 Å². The van der Waals surface area contributed by atoms with Crippen LogP contribution in [0.5, 0.6) is 0 Å². The number of hydrogen-bond acceptors (Lipinski definition) is 5. The van der Waals surface area contributed by atoms with Gasteiger partial charge in [0.25, 0.3) is 0 Å². The first-order chi connectivity index (χ1) is 12.6. The van der Waals surface area contributed by atoms with Crippen molar-refractivity contribution in [2.24, 2.45) is 0 Å². The number of aromatic carboxylic acids is 1. The molecule has 1 aromatic heterocycles. The minimum atomic E-state index is -1.13. The number of amides is 1. The predicted molar refractivity (Wildman–Crippen MR) is 97.0 cm³/mol. The number of nitrogens with zero attached hydrogens (tertiary/aromatic N) is 1. The van der Waals surface area contributed by atoms with Crippen LogP contribution in [0.15, 0.2) is 34.9 Å². The average Bonchev–Trinajstić information content (AvgIpc) is 3.07. The van der Waals surface area contributed by atoms with Crippen molar-refractivity contribution in [2.45, 2.75) is 44.6 Å². The van der Waals surface area contributed by atoms with Gasteiger partial charge in [-0.1, -0.05) is 54.8 Å². The molecule has 26 heavy (non-hydrogen) atoms. The maximum absolute atomic E-state index is 12.0. The van der Waals surface area contributed by atoms with E-state index in [2.05, 4.69) is 15.8 Å². The fourth-order valence-electron chi connectivity index (χ4n) is 3.24. The number of benzene rings is 1. The topological polar surface area (TPSA) is 104 Å². The van der Waals surface area contributed by atoms with Crippen LogP contribution >= 0.6 is 0 Å². The van der Waals surface area contributed by atoms with Gasteiger partial charge in [0.1, 0.15) is 0 Å². The third-order valence-electron chi connectivity index (χ3n) is 4.56. The Hall–Kier alpha value is -2.83. The van der Waals surface area contributed by atoms with Crippen molar-refractivity contribution in [3.8, 4) is 11.3 Å². The van der Waals surface area contributed by atoms with E-state index < -0.39 is 5.97 Å². The number of aromatic nitrogens is 1. The van der Waals surface area contributed by atoms with Gasteiger partial charge in [0.2, 0.25) is 5.91 Å². The fraction of sp³-hybridized carbons (Fsp3) is 0.421. The molecule has 0 spiro atoms. The zero-order valence-electron chi connectivity index (χ0n) is 14.5. The standard InChI is InChI=1S/C19H23N3O4/c23-15(21-14-9-5-2-6-10-14)11-12-20-18-16(19(24)25)17(26-22-18)13-7-3-1-4-8-13/h1,3-4,7-8,14H,2,5-6,9-12H2,(H,20,22)(H,21,23)(H,24,25). The van der Waals surface area contributed by atoms with E-state index in [1.807, 2.05) is 6.07 Å². The van der Waals surface area contributed by atoms with Gasteiger partial charge in [-0.05, 0) is 12.8 Å². The number of carbonyl (C=O) groups is 2. The molecule has 138 valence electrons. The minimum absolute atomic E-state index is 0.0242. The predicted octanol–water partition coefficient (Wildman–Crippen LogP) is 3.29. The van der Waals surface area contributed by atoms with Crippen LogP contribution in [0.4, 0.5) is 5.82 Å². The van der Waals surface area contributed by atoms with Gasteiger partial charge in [0, 0.05) is 24.6 Å². The summed E-state index contributed by atoms with van der Waals surface area (Å²) in [5, 5.41) is 19.3. The Kier molecular flexibility index (Phi) is 5.88. The Bertz CT molecular complexity index is 751. The monoisotopic (exact) mass is 357 g/mol. The van der Waals surface area contributed by atoms with Gasteiger partial charge in [-0.2, -0.15) is 0 Å². The van der Waals surface area contributed by atoms with E-state index in [0.717, 1.165) is 25.7 Å². The summed E-state index contributed by atoms with van der Waals surface area (Å²) < 4.78 is 5.23. The SMILES string of the molecule is O=C(CCNc1noc(-c2ccccc2)c1C(=O)O)NC1CCCCC1. The van der Waals surface area contributed by atoms with Crippen LogP contribution < -0.4 is 10.6 Å². The molecule has 2 aromatic rings. The van der Waals surface area contributed by atoms with Gasteiger partial charge >= 0.3 is 5.97 Å². The van der Waals surface area contributed by atoms with Crippen molar-refractivity contribution in [3.05, 3.63) is 35.9 Å². The number of nitrogens with one attached hydrogen (secondary N) is 2. The fourth-order valence-corrected chi connectivity index (χ4v) is 3.24. The molecule has 0 aliphatic heterocycles. The number of hydrogen-bond donors (Lipinski definition) is 3. The molecule has 1 heterocycles. The Morgan fingerprint density at radius 3 is 2.58 bits per heavy atom. The maximum Gasteiger partial charge on any atom is 0.343 e. The Labute approximate surface area is 151 Å². The van der Waals surface area contributed by atoms with E-state index in [0.29, 0.717) is 12.1 Å². The zero-order valence-corrected chi connectivity index (χ0v) is 14.5. The number of carboxylic acid groups (broad SMARTS) is 1. The third kappa shape index (κ3) is 4.41. The Morgan fingerprint density at radius 1 is 1.15 bits per heavy atom. The molecular weight excluding hydrogens is 334 g/mol. The summed E-state index contributed by atoms with van der Waals surface area (Å²) in [7, 11) is 0. The van der Waals surface area contributed by atoms with Crippen LogP contribution in [-0.2, 0) is 4.79 Å². The highest BCUT2D eigenvalue weighted by atomic mass is 16.5. The number of carboxylic acids is 1. The molecule has 3 N–H and O–H groups in total. The lowest BCUT2D eigenvalue weighted by Gasteiger charge is -2.22. The summed E-state index contributed by atoms with van der Waals surface area (Å²) in [6.07, 6.45) is 5.88. The molecule has 1 aromatic carbocycles. The molecule has 3 rings (SSSR count). The van der Waals surface area contributed by atoms with Gasteiger partial charge in [0.15, 0.2) is 17.1 Å². The second-order valence-corrected chi connectivity index (χ2v) is 6.49. The molecule has 7 heteroatoms. The van der Waals surface area contributed by atoms with Gasteiger partial charge in [-0.15, -0.1) is 0 Å². The Balaban J connectivity index is 1.58. The highest BCUT2D eigenvalue weighted by molar-refractivity contribution is 5.99. The van der Waals surface area contributed by atoms with Gasteiger partial charge in [-0.3, -0.25) is 4.79 Å². The van der Waals surface area contributed by atoms with Crippen molar-refractivity contribution < 1.29 is 19.2 Å². The summed E-state index contributed by atoms with van der Waals surface area (Å²) in [6, 6.07) is 9.22. The van der Waals surface area contributed by atoms with Crippen LogP contribution in [0, 0.1) is 0 Å². The second kappa shape index (κ2) is 8.51. The molecule has 0 bridgehead atoms. The van der Waals surface area contributed by atoms with E-state index in [1.54, 1.807) is 24.3 Å². The van der Waals surface area contributed by atoms with Crippen molar-refractivity contribution in [1.29, 1.82) is 0 Å². The quantitative estimate of drug-likeness (QED) is 0.702. The van der Waals surface area contributed by atoms with Crippen LogP contribution in [0.1, 0.15) is 48.9 Å². The van der Waals surface area contributed by atoms with Crippen LogP contribution in [0.25, 0.3) is 11.3 Å². The molecule has 7 nitrogen and oxygen atoms in total. The first kappa shape index (κ1) is 18.0. The highest BCUT2D eigenvalue weighted by Gasteiger charge is 2.23. The summed E-state index contributed by atoms with van der Waals surface area (Å²) >= 11 is 0. The molecule has 0 radical (unpaired) electrons. The van der Waals surface area contributed by atoms with E-state index in [1.165, 1.54) is 6.42 Å². The average molecular weight is 357 g/mol. The van der Waals surface area contributed by atoms with Gasteiger partial charge < -0.3 is 20.3 Å². The van der Waals surface area contributed by atoms with Crippen molar-refractivity contribution >= 4 is 17.7 Å². The lowest BCUT2D eigenvalue weighted by molar-refractivity contribution is -0.121. The number of carbonyl (C=O) groups excluding carboxylic acids is 1. The molecule has 1 amide bonds. The van der Waals surface area contributed by atoms with Crippen molar-refractivity contribution in [2.75, 3.05) is 11.9 Å². The molecule has 0 unspecified atom stereocenters. The third-order valence-corrected chi connectivity index (χ3v) is 4.56. The van der Waals surface area contributed by atoms with Gasteiger partial charge in [-0.25, -0.2) is 4.79 Å². The first-order valence-electron chi connectivity index (χ1n) is 8.97. The first-order valence-corrected chi connectivity index (χ1v) is 8.97. The normalized spacial score (nSPS) is 14.8. The maximum atomic E-state index is 12.0. The number of rotatable bonds is 7. The van der Waals surface area contributed by atoms with Crippen LogP contribution in [0.2, 0.25) is 0 Å². The molecular formula is C19H23N3O4. The van der Waals surface area contributed by atoms with E-state index in [-0.39, 0.29) is 35.5 Å². The van der Waals surface area contributed by atoms with Crippen molar-refractivity contribution in [1.82, 2.24) is 10.5 Å². The lowest BCUT2D eigenvalue weighted by atomic mass is 9.95. The smallest absolute Gasteiger partial charge is 0.343 e. The van der Waals surface area contributed by atoms with E-state index in [9.17, 15) is 14.7 Å². The summed E-state index contributed by atoms with van der Waals surface area (Å²) in [5.74, 6) is -0.818. The highest BCUT2D eigenvalue weighted by Crippen LogP contribution is 2.29. The van der Waals surface area contributed by atoms with E-state index >= 15 is 0 Å². The van der Waals surface area contributed by atoms with Crippen LogP contribution in [0.3, 0.4) is 0 Å². The second-order valence-electron chi connectivity index (χ2n) is 6.49. The molecule has 1 fully saturated rings. The summed E-state index contributed by atoms with van der Waals surface area (Å²) in [4.78, 5) is 23.7. The Morgan fingerprint density at radius 2 is 1.88 bits per heavy atom. The summed E-state index contributed by atoms with van der Waals surface area (Å²) in [5.41, 5.74) is 0.615. The van der Waals surface area contributed by atoms with Crippen molar-refractivity contribution in [3.63, 3.8) is 0 Å². The molecule has 0 saturated heterocycles.